The highest BCUT2D eigenvalue weighted by molar-refractivity contribution is 5.96. The number of ether oxygens (including phenoxy) is 1. The van der Waals surface area contributed by atoms with Crippen molar-refractivity contribution in [3.05, 3.63) is 30.1 Å². The molecule has 1 aromatic heterocycles. The van der Waals surface area contributed by atoms with Gasteiger partial charge in [0, 0.05) is 18.8 Å². The van der Waals surface area contributed by atoms with Gasteiger partial charge in [0.05, 0.1) is 25.2 Å². The Morgan fingerprint density at radius 1 is 1.33 bits per heavy atom. The molecule has 2 amide bonds. The van der Waals surface area contributed by atoms with Crippen molar-refractivity contribution in [3.8, 4) is 0 Å². The van der Waals surface area contributed by atoms with E-state index in [1.165, 1.54) is 0 Å². The van der Waals surface area contributed by atoms with Crippen LogP contribution in [0.1, 0.15) is 12.0 Å². The molecule has 0 radical (unpaired) electrons. The molecule has 6 heteroatoms. The predicted molar refractivity (Wildman–Crippen MR) is 63.4 cm³/mol. The third-order valence-electron chi connectivity index (χ3n) is 2.68. The van der Waals surface area contributed by atoms with Crippen LogP contribution in [0.2, 0.25) is 0 Å². The second-order valence-corrected chi connectivity index (χ2v) is 4.54. The molecule has 0 aromatic carbocycles. The zero-order valence-corrected chi connectivity index (χ0v) is 9.89. The zero-order chi connectivity index (χ0) is 13.0. The van der Waals surface area contributed by atoms with Crippen molar-refractivity contribution in [2.24, 2.45) is 5.73 Å². The Kier molecular flexibility index (Phi) is 3.69. The predicted octanol–water partition coefficient (Wildman–Crippen LogP) is -0.615. The second kappa shape index (κ2) is 5.24. The summed E-state index contributed by atoms with van der Waals surface area (Å²) in [7, 11) is 0. The number of hydrogen-bond acceptors (Lipinski definition) is 5. The summed E-state index contributed by atoms with van der Waals surface area (Å²) in [4.78, 5) is 27.0. The molecule has 0 saturated carbocycles. The van der Waals surface area contributed by atoms with Crippen molar-refractivity contribution in [2.45, 2.75) is 18.4 Å². The first-order chi connectivity index (χ1) is 8.57. The van der Waals surface area contributed by atoms with Crippen molar-refractivity contribution in [3.63, 3.8) is 0 Å². The molecular formula is C12H15N3O3. The highest BCUT2D eigenvalue weighted by atomic mass is 16.5. The molecule has 96 valence electrons. The molecule has 0 spiro atoms. The van der Waals surface area contributed by atoms with Crippen LogP contribution < -0.4 is 11.1 Å². The molecule has 1 aromatic rings. The molecule has 1 fully saturated rings. The highest BCUT2D eigenvalue weighted by Crippen LogP contribution is 2.17. The summed E-state index contributed by atoms with van der Waals surface area (Å²) >= 11 is 0. The maximum Gasteiger partial charge on any atom is 0.230 e. The maximum atomic E-state index is 11.6. The number of carbonyl (C=O) groups is 2. The summed E-state index contributed by atoms with van der Waals surface area (Å²) in [5.74, 6) is -0.699. The van der Waals surface area contributed by atoms with Crippen molar-refractivity contribution < 1.29 is 14.3 Å². The van der Waals surface area contributed by atoms with Crippen LogP contribution >= 0.6 is 0 Å². The minimum atomic E-state index is -0.610. The van der Waals surface area contributed by atoms with E-state index in [1.54, 1.807) is 24.5 Å². The first-order valence-electron chi connectivity index (χ1n) is 5.66. The number of rotatable bonds is 4. The van der Waals surface area contributed by atoms with E-state index in [2.05, 4.69) is 10.3 Å². The van der Waals surface area contributed by atoms with Gasteiger partial charge in [-0.15, -0.1) is 0 Å². The van der Waals surface area contributed by atoms with Gasteiger partial charge in [-0.1, -0.05) is 0 Å². The van der Waals surface area contributed by atoms with Crippen LogP contribution in [0.4, 0.5) is 0 Å². The van der Waals surface area contributed by atoms with Crippen molar-refractivity contribution in [1.82, 2.24) is 10.3 Å². The van der Waals surface area contributed by atoms with E-state index in [0.29, 0.717) is 13.2 Å². The van der Waals surface area contributed by atoms with Gasteiger partial charge in [-0.3, -0.25) is 19.9 Å². The van der Waals surface area contributed by atoms with Gasteiger partial charge in [0.25, 0.3) is 0 Å². The van der Waals surface area contributed by atoms with Crippen LogP contribution in [0.5, 0.6) is 0 Å². The molecule has 1 aliphatic rings. The number of hydrogen-bond donors (Lipinski definition) is 2. The van der Waals surface area contributed by atoms with Crippen molar-refractivity contribution >= 4 is 11.8 Å². The SMILES string of the molecule is NC1(CC(=O)NC(=O)Cc2ccncc2)COC1. The lowest BCUT2D eigenvalue weighted by Crippen LogP contribution is -2.59. The highest BCUT2D eigenvalue weighted by Gasteiger charge is 2.36. The van der Waals surface area contributed by atoms with Crippen LogP contribution in [-0.2, 0) is 20.7 Å². The number of imide groups is 1. The Morgan fingerprint density at radius 2 is 2.00 bits per heavy atom. The van der Waals surface area contributed by atoms with Crippen LogP contribution in [-0.4, -0.2) is 35.6 Å². The van der Waals surface area contributed by atoms with Gasteiger partial charge in [-0.05, 0) is 17.7 Å². The van der Waals surface area contributed by atoms with Gasteiger partial charge in [0.1, 0.15) is 0 Å². The molecular weight excluding hydrogens is 234 g/mol. The Balaban J connectivity index is 1.79. The van der Waals surface area contributed by atoms with E-state index < -0.39 is 5.54 Å². The number of nitrogens with zero attached hydrogens (tertiary/aromatic N) is 1. The van der Waals surface area contributed by atoms with E-state index >= 15 is 0 Å². The standard InChI is InChI=1S/C12H15N3O3/c13-12(7-18-8-12)6-11(17)15-10(16)5-9-1-3-14-4-2-9/h1-4H,5-8,13H2,(H,15,16,17). The molecule has 6 nitrogen and oxygen atoms in total. The molecule has 0 aliphatic carbocycles. The number of carbonyl (C=O) groups excluding carboxylic acids is 2. The molecule has 18 heavy (non-hydrogen) atoms. The monoisotopic (exact) mass is 249 g/mol. The van der Waals surface area contributed by atoms with E-state index in [0.717, 1.165) is 5.56 Å². The molecule has 0 unspecified atom stereocenters. The van der Waals surface area contributed by atoms with E-state index in [9.17, 15) is 9.59 Å². The van der Waals surface area contributed by atoms with Gasteiger partial charge < -0.3 is 10.5 Å². The Labute approximate surface area is 105 Å². The second-order valence-electron chi connectivity index (χ2n) is 4.54. The summed E-state index contributed by atoms with van der Waals surface area (Å²) in [6.45, 7) is 0.720. The summed E-state index contributed by atoms with van der Waals surface area (Å²) in [5, 5.41) is 2.32. The van der Waals surface area contributed by atoms with E-state index in [1.807, 2.05) is 0 Å². The zero-order valence-electron chi connectivity index (χ0n) is 9.89. The third-order valence-corrected chi connectivity index (χ3v) is 2.68. The fourth-order valence-electron chi connectivity index (χ4n) is 1.72. The molecule has 2 rings (SSSR count). The molecule has 1 saturated heterocycles. The number of nitrogens with two attached hydrogens (primary N) is 1. The Morgan fingerprint density at radius 3 is 2.56 bits per heavy atom. The smallest absolute Gasteiger partial charge is 0.230 e. The van der Waals surface area contributed by atoms with Gasteiger partial charge in [0.2, 0.25) is 11.8 Å². The summed E-state index contributed by atoms with van der Waals surface area (Å²) in [5.41, 5.74) is 6.03. The van der Waals surface area contributed by atoms with Crippen LogP contribution in [0, 0.1) is 0 Å². The van der Waals surface area contributed by atoms with Crippen molar-refractivity contribution in [1.29, 1.82) is 0 Å². The average Bonchev–Trinajstić information content (AvgIpc) is 2.27. The normalized spacial score (nSPS) is 16.7. The summed E-state index contributed by atoms with van der Waals surface area (Å²) in [6.07, 6.45) is 3.47. The van der Waals surface area contributed by atoms with Crippen LogP contribution in [0.25, 0.3) is 0 Å². The van der Waals surface area contributed by atoms with E-state index in [4.69, 9.17) is 10.5 Å². The van der Waals surface area contributed by atoms with Crippen LogP contribution in [0.15, 0.2) is 24.5 Å². The molecule has 3 N–H and O–H groups in total. The number of pyridine rings is 1. The fraction of sp³-hybridized carbons (Fsp3) is 0.417. The van der Waals surface area contributed by atoms with Crippen molar-refractivity contribution in [2.75, 3.05) is 13.2 Å². The number of nitrogens with one attached hydrogen (secondary N) is 1. The number of aromatic nitrogens is 1. The maximum absolute atomic E-state index is 11.6. The Hall–Kier alpha value is -1.79. The molecule has 1 aliphatic heterocycles. The van der Waals surface area contributed by atoms with Gasteiger partial charge in [-0.2, -0.15) is 0 Å². The minimum absolute atomic E-state index is 0.106. The van der Waals surface area contributed by atoms with E-state index in [-0.39, 0.29) is 24.7 Å². The summed E-state index contributed by atoms with van der Waals surface area (Å²) in [6, 6.07) is 3.46. The largest absolute Gasteiger partial charge is 0.377 e. The topological polar surface area (TPSA) is 94.3 Å². The first kappa shape index (κ1) is 12.7. The quantitative estimate of drug-likeness (QED) is 0.742. The lowest BCUT2D eigenvalue weighted by molar-refractivity contribution is -0.134. The van der Waals surface area contributed by atoms with Gasteiger partial charge in [-0.25, -0.2) is 0 Å². The first-order valence-corrected chi connectivity index (χ1v) is 5.66. The van der Waals surface area contributed by atoms with Gasteiger partial charge >= 0.3 is 0 Å². The van der Waals surface area contributed by atoms with Gasteiger partial charge in [0.15, 0.2) is 0 Å². The lowest BCUT2D eigenvalue weighted by atomic mass is 9.94. The molecule has 0 bridgehead atoms. The Bertz CT molecular complexity index is 443. The molecule has 2 heterocycles. The fourth-order valence-corrected chi connectivity index (χ4v) is 1.72. The third kappa shape index (κ3) is 3.35. The molecule has 0 atom stereocenters. The summed E-state index contributed by atoms with van der Waals surface area (Å²) < 4.78 is 4.94. The number of amides is 2. The lowest BCUT2D eigenvalue weighted by Gasteiger charge is -2.36. The average molecular weight is 249 g/mol. The minimum Gasteiger partial charge on any atom is -0.377 e. The van der Waals surface area contributed by atoms with Crippen LogP contribution in [0.3, 0.4) is 0 Å².